The van der Waals surface area contributed by atoms with Crippen molar-refractivity contribution in [2.45, 2.75) is 84.8 Å². The van der Waals surface area contributed by atoms with Crippen molar-refractivity contribution in [1.29, 1.82) is 5.41 Å². The van der Waals surface area contributed by atoms with Gasteiger partial charge in [0.2, 0.25) is 5.96 Å². The van der Waals surface area contributed by atoms with E-state index < -0.39 is 29.3 Å². The number of fused-ring (bicyclic) bond motifs is 1. The van der Waals surface area contributed by atoms with Crippen molar-refractivity contribution in [2.75, 3.05) is 16.3 Å². The molecule has 1 fully saturated rings. The lowest BCUT2D eigenvalue weighted by Gasteiger charge is -2.29. The lowest BCUT2D eigenvalue weighted by atomic mass is 9.83. The topological polar surface area (TPSA) is 128 Å². The molecule has 0 radical (unpaired) electrons. The number of hydrogen-bond donors (Lipinski definition) is 2. The average Bonchev–Trinajstić information content (AvgIpc) is 3.18. The molecule has 0 spiro atoms. The molecule has 3 aromatic carbocycles. The van der Waals surface area contributed by atoms with Crippen LogP contribution in [-0.2, 0) is 9.47 Å². The van der Waals surface area contributed by atoms with Crippen molar-refractivity contribution in [2.24, 2.45) is 11.0 Å². The van der Waals surface area contributed by atoms with Crippen LogP contribution in [0, 0.1) is 11.3 Å². The number of rotatable bonds is 6. The Morgan fingerprint density at radius 1 is 0.882 bits per heavy atom. The summed E-state index contributed by atoms with van der Waals surface area (Å²) in [5.74, 6) is -0.328. The Morgan fingerprint density at radius 2 is 1.51 bits per heavy atom. The van der Waals surface area contributed by atoms with E-state index in [0.29, 0.717) is 11.4 Å². The van der Waals surface area contributed by atoms with E-state index in [-0.39, 0.29) is 24.2 Å². The predicted octanol–water partition coefficient (Wildman–Crippen LogP) is 9.46. The second-order valence-electron chi connectivity index (χ2n) is 14.7. The molecule has 0 atom stereocenters. The fourth-order valence-corrected chi connectivity index (χ4v) is 6.07. The number of amides is 4. The summed E-state index contributed by atoms with van der Waals surface area (Å²) in [7, 11) is 0. The first-order chi connectivity index (χ1) is 24.2. The molecule has 1 heterocycles. The number of urea groups is 1. The van der Waals surface area contributed by atoms with Crippen LogP contribution in [-0.4, -0.2) is 52.6 Å². The van der Waals surface area contributed by atoms with Gasteiger partial charge in [-0.25, -0.2) is 24.3 Å². The van der Waals surface area contributed by atoms with Gasteiger partial charge in [0, 0.05) is 11.5 Å². The summed E-state index contributed by atoms with van der Waals surface area (Å²) in [6.45, 7) is 10.5. The first-order valence-corrected chi connectivity index (χ1v) is 17.4. The number of carbonyl (C=O) groups excluding carboxylic acids is 3. The van der Waals surface area contributed by atoms with Gasteiger partial charge in [-0.05, 0) is 90.3 Å². The Kier molecular flexibility index (Phi) is 11.3. The summed E-state index contributed by atoms with van der Waals surface area (Å²) in [6.07, 6.45) is 7.60. The van der Waals surface area contributed by atoms with Crippen molar-refractivity contribution in [3.8, 4) is 0 Å². The molecule has 0 bridgehead atoms. The van der Waals surface area contributed by atoms with Crippen LogP contribution in [0.2, 0.25) is 0 Å². The highest BCUT2D eigenvalue weighted by Gasteiger charge is 2.34. The lowest BCUT2D eigenvalue weighted by molar-refractivity contribution is 0.0559. The number of alkyl carbamates (subject to hydrolysis) is 1. The molecule has 0 unspecified atom stereocenters. The van der Waals surface area contributed by atoms with Crippen LogP contribution in [0.5, 0.6) is 0 Å². The zero-order chi connectivity index (χ0) is 36.8. The van der Waals surface area contributed by atoms with Crippen molar-refractivity contribution >= 4 is 53.0 Å². The fraction of sp³-hybridized carbons (Fsp3) is 0.375. The number of anilines is 3. The maximum atomic E-state index is 14.5. The first kappa shape index (κ1) is 36.8. The van der Waals surface area contributed by atoms with Gasteiger partial charge in [-0.3, -0.25) is 15.6 Å². The smallest absolute Gasteiger partial charge is 0.421 e. The third kappa shape index (κ3) is 9.62. The van der Waals surface area contributed by atoms with E-state index >= 15 is 0 Å². The highest BCUT2D eigenvalue weighted by atomic mass is 16.6. The summed E-state index contributed by atoms with van der Waals surface area (Å²) in [5.41, 5.74) is 2.61. The minimum absolute atomic E-state index is 0.224. The number of benzene rings is 3. The molecule has 268 valence electrons. The number of hydrazone groups is 1. The van der Waals surface area contributed by atoms with Gasteiger partial charge in [0.05, 0.1) is 29.3 Å². The van der Waals surface area contributed by atoms with Gasteiger partial charge in [0.25, 0.3) is 0 Å². The van der Waals surface area contributed by atoms with Gasteiger partial charge in [-0.1, -0.05) is 79.9 Å². The van der Waals surface area contributed by atoms with E-state index in [0.717, 1.165) is 47.4 Å². The van der Waals surface area contributed by atoms with Crippen LogP contribution in [0.4, 0.5) is 31.4 Å². The molecule has 0 saturated heterocycles. The zero-order valence-corrected chi connectivity index (χ0v) is 30.3. The highest BCUT2D eigenvalue weighted by molar-refractivity contribution is 6.16. The van der Waals surface area contributed by atoms with Crippen LogP contribution in [0.1, 0.15) is 84.8 Å². The van der Waals surface area contributed by atoms with Crippen LogP contribution >= 0.6 is 0 Å². The van der Waals surface area contributed by atoms with E-state index in [1.165, 1.54) is 11.4 Å². The second kappa shape index (κ2) is 15.6. The van der Waals surface area contributed by atoms with E-state index in [4.69, 9.17) is 20.0 Å². The molecular weight excluding hydrogens is 644 g/mol. The van der Waals surface area contributed by atoms with E-state index in [9.17, 15) is 14.4 Å². The van der Waals surface area contributed by atoms with Gasteiger partial charge in [0.1, 0.15) is 11.2 Å². The normalized spacial score (nSPS) is 15.5. The molecular formula is C40H48N6O5. The number of carbonyl (C=O) groups is 3. The van der Waals surface area contributed by atoms with Gasteiger partial charge in [-0.15, -0.1) is 0 Å². The Balaban J connectivity index is 1.52. The standard InChI is InChI=1S/C40H48N6O5/c1-39(2,3)50-36(47)42-35(41)46(38(49)51-40(4,5)6)31-25-23-30(24-26-31)45-33-22-14-13-21-32(33)34(29-19-11-8-12-20-29)43-44(37(45)48)27-15-18-28-16-9-7-10-17-28/h7,9-10,13-18,21-26,29H,8,11-12,19-20,27H2,1-6H3,(H2,41,42,47). The Bertz CT molecular complexity index is 1780. The van der Waals surface area contributed by atoms with Crippen molar-refractivity contribution in [3.05, 3.63) is 96.1 Å². The second-order valence-corrected chi connectivity index (χ2v) is 14.7. The van der Waals surface area contributed by atoms with E-state index in [1.807, 2.05) is 66.7 Å². The van der Waals surface area contributed by atoms with Crippen LogP contribution < -0.4 is 15.1 Å². The van der Waals surface area contributed by atoms with Gasteiger partial charge >= 0.3 is 18.2 Å². The summed E-state index contributed by atoms with van der Waals surface area (Å²) >= 11 is 0. The zero-order valence-electron chi connectivity index (χ0n) is 30.3. The number of para-hydroxylation sites is 1. The summed E-state index contributed by atoms with van der Waals surface area (Å²) in [6, 6.07) is 24.0. The summed E-state index contributed by atoms with van der Waals surface area (Å²) in [5, 5.41) is 17.6. The number of nitrogens with one attached hydrogen (secondary N) is 2. The van der Waals surface area contributed by atoms with Gasteiger partial charge in [-0.2, -0.15) is 5.10 Å². The van der Waals surface area contributed by atoms with E-state index in [2.05, 4.69) is 5.32 Å². The Morgan fingerprint density at radius 3 is 2.16 bits per heavy atom. The largest absolute Gasteiger partial charge is 0.444 e. The molecule has 2 N–H and O–H groups in total. The number of guanidine groups is 1. The molecule has 51 heavy (non-hydrogen) atoms. The molecule has 5 rings (SSSR count). The predicted molar refractivity (Wildman–Crippen MR) is 202 cm³/mol. The Hall–Kier alpha value is -5.45. The number of hydrogen-bond acceptors (Lipinski definition) is 7. The SMILES string of the molecule is CC(C)(C)OC(=O)NC(=N)N(C(=O)OC(C)(C)C)c1ccc(N2C(=O)N(CC=Cc3ccccc3)N=C(C3CCCCC3)c3ccccc32)cc1. The maximum Gasteiger partial charge on any atom is 0.421 e. The Labute approximate surface area is 300 Å². The van der Waals surface area contributed by atoms with E-state index in [1.54, 1.807) is 70.7 Å². The van der Waals surface area contributed by atoms with Crippen LogP contribution in [0.15, 0.2) is 90.0 Å². The lowest BCUT2D eigenvalue weighted by Crippen LogP contribution is -2.49. The molecule has 4 amide bonds. The average molecular weight is 693 g/mol. The van der Waals surface area contributed by atoms with Crippen molar-refractivity contribution in [3.63, 3.8) is 0 Å². The van der Waals surface area contributed by atoms with Gasteiger partial charge in [0.15, 0.2) is 0 Å². The molecule has 2 aliphatic rings. The minimum Gasteiger partial charge on any atom is -0.444 e. The fourth-order valence-electron chi connectivity index (χ4n) is 6.07. The minimum atomic E-state index is -0.889. The van der Waals surface area contributed by atoms with Crippen LogP contribution in [0.3, 0.4) is 0 Å². The quantitative estimate of drug-likeness (QED) is 0.197. The van der Waals surface area contributed by atoms with Gasteiger partial charge < -0.3 is 9.47 Å². The first-order valence-electron chi connectivity index (χ1n) is 17.4. The monoisotopic (exact) mass is 692 g/mol. The number of nitrogens with zero attached hydrogens (tertiary/aromatic N) is 4. The molecule has 0 aromatic heterocycles. The highest BCUT2D eigenvalue weighted by Crippen LogP contribution is 2.38. The molecule has 11 nitrogen and oxygen atoms in total. The molecule has 11 heteroatoms. The summed E-state index contributed by atoms with van der Waals surface area (Å²) in [4.78, 5) is 43.1. The molecule has 1 aliphatic carbocycles. The van der Waals surface area contributed by atoms with Crippen LogP contribution in [0.25, 0.3) is 6.08 Å². The molecule has 3 aromatic rings. The summed E-state index contributed by atoms with van der Waals surface area (Å²) < 4.78 is 10.9. The van der Waals surface area contributed by atoms with Crippen molar-refractivity contribution < 1.29 is 23.9 Å². The number of ether oxygens (including phenoxy) is 2. The molecule has 1 saturated carbocycles. The molecule has 1 aliphatic heterocycles. The third-order valence-corrected chi connectivity index (χ3v) is 8.23. The van der Waals surface area contributed by atoms with Crippen molar-refractivity contribution in [1.82, 2.24) is 10.3 Å². The third-order valence-electron chi connectivity index (χ3n) is 8.23. The maximum absolute atomic E-state index is 14.5.